The van der Waals surface area contributed by atoms with Gasteiger partial charge in [0.25, 0.3) is 5.91 Å². The van der Waals surface area contributed by atoms with E-state index in [0.717, 1.165) is 37.2 Å². The van der Waals surface area contributed by atoms with Gasteiger partial charge in [-0.2, -0.15) is 0 Å². The summed E-state index contributed by atoms with van der Waals surface area (Å²) in [4.78, 5) is 41.0. The normalized spacial score (nSPS) is 18.4. The zero-order valence-electron chi connectivity index (χ0n) is 17.7. The minimum Gasteiger partial charge on any atom is -0.497 e. The largest absolute Gasteiger partial charge is 0.497 e. The van der Waals surface area contributed by atoms with Crippen molar-refractivity contribution in [1.29, 1.82) is 0 Å². The second kappa shape index (κ2) is 9.20. The molecule has 162 valence electrons. The molecule has 0 aromatic heterocycles. The molecule has 7 heteroatoms. The lowest BCUT2D eigenvalue weighted by atomic mass is 10.1. The monoisotopic (exact) mass is 421 g/mol. The van der Waals surface area contributed by atoms with Crippen molar-refractivity contribution in [3.8, 4) is 5.75 Å². The van der Waals surface area contributed by atoms with Crippen molar-refractivity contribution < 1.29 is 19.1 Å². The Bertz CT molecular complexity index is 967. The summed E-state index contributed by atoms with van der Waals surface area (Å²) in [5.41, 5.74) is 2.32. The maximum absolute atomic E-state index is 12.6. The van der Waals surface area contributed by atoms with Crippen molar-refractivity contribution in [2.45, 2.75) is 25.8 Å². The number of likely N-dealkylation sites (tertiary alicyclic amines) is 1. The first-order valence-electron chi connectivity index (χ1n) is 10.7. The molecule has 2 aliphatic rings. The van der Waals surface area contributed by atoms with E-state index in [2.05, 4.69) is 5.32 Å². The van der Waals surface area contributed by atoms with Gasteiger partial charge in [0.15, 0.2) is 0 Å². The molecule has 1 unspecified atom stereocenters. The third-order valence-corrected chi connectivity index (χ3v) is 5.92. The Morgan fingerprint density at radius 1 is 1.10 bits per heavy atom. The number of hydrogen-bond acceptors (Lipinski definition) is 4. The first kappa shape index (κ1) is 20.9. The van der Waals surface area contributed by atoms with Gasteiger partial charge < -0.3 is 19.9 Å². The van der Waals surface area contributed by atoms with E-state index in [-0.39, 0.29) is 24.1 Å². The topological polar surface area (TPSA) is 79.0 Å². The minimum absolute atomic E-state index is 0.0650. The van der Waals surface area contributed by atoms with Gasteiger partial charge in [0.1, 0.15) is 5.75 Å². The predicted molar refractivity (Wildman–Crippen MR) is 117 cm³/mol. The molecular formula is C24H27N3O4. The minimum atomic E-state index is -0.394. The van der Waals surface area contributed by atoms with E-state index in [1.54, 1.807) is 18.1 Å². The van der Waals surface area contributed by atoms with Crippen LogP contribution in [-0.2, 0) is 16.1 Å². The van der Waals surface area contributed by atoms with Crippen LogP contribution in [0, 0.1) is 5.92 Å². The number of rotatable bonds is 6. The standard InChI is InChI=1S/C24H27N3O4/c1-31-21-6-4-5-20(14-21)27-16-19(13-22(27)28)23(29)25-15-17-7-9-18(10-8-17)24(30)26-11-2-3-12-26/h4-10,14,19H,2-3,11-13,15-16H2,1H3,(H,25,29). The van der Waals surface area contributed by atoms with Crippen LogP contribution >= 0.6 is 0 Å². The van der Waals surface area contributed by atoms with Gasteiger partial charge in [-0.05, 0) is 42.7 Å². The first-order chi connectivity index (χ1) is 15.0. The quantitative estimate of drug-likeness (QED) is 0.778. The summed E-state index contributed by atoms with van der Waals surface area (Å²) in [7, 11) is 1.58. The van der Waals surface area contributed by atoms with Crippen LogP contribution in [0.25, 0.3) is 0 Å². The third-order valence-electron chi connectivity index (χ3n) is 5.92. The highest BCUT2D eigenvalue weighted by molar-refractivity contribution is 6.00. The zero-order valence-corrected chi connectivity index (χ0v) is 17.7. The lowest BCUT2D eigenvalue weighted by Crippen LogP contribution is -2.32. The number of nitrogens with zero attached hydrogens (tertiary/aromatic N) is 2. The molecule has 2 aromatic rings. The van der Waals surface area contributed by atoms with Gasteiger partial charge in [-0.1, -0.05) is 18.2 Å². The Kier molecular flexibility index (Phi) is 6.21. The molecule has 31 heavy (non-hydrogen) atoms. The number of carbonyl (C=O) groups is 3. The number of methoxy groups -OCH3 is 1. The Hall–Kier alpha value is -3.35. The molecule has 2 aromatic carbocycles. The van der Waals surface area contributed by atoms with Crippen molar-refractivity contribution in [2.24, 2.45) is 5.92 Å². The Balaban J connectivity index is 1.31. The lowest BCUT2D eigenvalue weighted by Gasteiger charge is -2.17. The van der Waals surface area contributed by atoms with Crippen molar-refractivity contribution in [3.63, 3.8) is 0 Å². The van der Waals surface area contributed by atoms with Crippen LogP contribution in [0.4, 0.5) is 5.69 Å². The summed E-state index contributed by atoms with van der Waals surface area (Å²) in [5.74, 6) is 0.129. The van der Waals surface area contributed by atoms with Gasteiger partial charge >= 0.3 is 0 Å². The number of nitrogens with one attached hydrogen (secondary N) is 1. The van der Waals surface area contributed by atoms with Crippen LogP contribution in [-0.4, -0.2) is 49.4 Å². The Labute approximate surface area is 182 Å². The molecule has 0 aliphatic carbocycles. The predicted octanol–water partition coefficient (Wildman–Crippen LogP) is 2.60. The summed E-state index contributed by atoms with van der Waals surface area (Å²) in [6.45, 7) is 2.36. The van der Waals surface area contributed by atoms with E-state index in [1.807, 2.05) is 47.4 Å². The van der Waals surface area contributed by atoms with Gasteiger partial charge in [-0.3, -0.25) is 14.4 Å². The summed E-state index contributed by atoms with van der Waals surface area (Å²) < 4.78 is 5.22. The van der Waals surface area contributed by atoms with E-state index in [0.29, 0.717) is 24.4 Å². The fraction of sp³-hybridized carbons (Fsp3) is 0.375. The van der Waals surface area contributed by atoms with Crippen LogP contribution in [0.15, 0.2) is 48.5 Å². The molecule has 0 bridgehead atoms. The van der Waals surface area contributed by atoms with Gasteiger partial charge in [-0.15, -0.1) is 0 Å². The van der Waals surface area contributed by atoms with Gasteiger partial charge in [0.2, 0.25) is 11.8 Å². The van der Waals surface area contributed by atoms with Crippen molar-refractivity contribution in [1.82, 2.24) is 10.2 Å². The highest BCUT2D eigenvalue weighted by Crippen LogP contribution is 2.28. The lowest BCUT2D eigenvalue weighted by molar-refractivity contribution is -0.126. The van der Waals surface area contributed by atoms with E-state index in [9.17, 15) is 14.4 Å². The number of hydrogen-bond donors (Lipinski definition) is 1. The molecule has 2 fully saturated rings. The fourth-order valence-electron chi connectivity index (χ4n) is 4.11. The van der Waals surface area contributed by atoms with Crippen LogP contribution in [0.5, 0.6) is 5.75 Å². The number of anilines is 1. The van der Waals surface area contributed by atoms with Crippen LogP contribution in [0.3, 0.4) is 0 Å². The molecule has 1 atom stereocenters. The summed E-state index contributed by atoms with van der Waals surface area (Å²) in [6.07, 6.45) is 2.32. The summed E-state index contributed by atoms with van der Waals surface area (Å²) in [5, 5.41) is 2.92. The maximum Gasteiger partial charge on any atom is 0.253 e. The number of carbonyl (C=O) groups excluding carboxylic acids is 3. The van der Waals surface area contributed by atoms with E-state index >= 15 is 0 Å². The molecule has 2 saturated heterocycles. The molecule has 0 saturated carbocycles. The average molecular weight is 421 g/mol. The van der Waals surface area contributed by atoms with Gasteiger partial charge in [0, 0.05) is 49.9 Å². The Morgan fingerprint density at radius 2 is 1.84 bits per heavy atom. The molecule has 4 rings (SSSR count). The summed E-state index contributed by atoms with van der Waals surface area (Å²) in [6, 6.07) is 14.6. The third kappa shape index (κ3) is 4.71. The van der Waals surface area contributed by atoms with Crippen LogP contribution in [0.1, 0.15) is 35.2 Å². The second-order valence-electron chi connectivity index (χ2n) is 8.02. The highest BCUT2D eigenvalue weighted by Gasteiger charge is 2.35. The van der Waals surface area contributed by atoms with Gasteiger partial charge in [0.05, 0.1) is 13.0 Å². The van der Waals surface area contributed by atoms with E-state index < -0.39 is 5.92 Å². The fourth-order valence-corrected chi connectivity index (χ4v) is 4.11. The maximum atomic E-state index is 12.6. The van der Waals surface area contributed by atoms with Gasteiger partial charge in [-0.25, -0.2) is 0 Å². The molecule has 3 amide bonds. The molecule has 0 spiro atoms. The second-order valence-corrected chi connectivity index (χ2v) is 8.02. The number of benzene rings is 2. The van der Waals surface area contributed by atoms with E-state index in [1.165, 1.54) is 0 Å². The van der Waals surface area contributed by atoms with Crippen molar-refractivity contribution in [3.05, 3.63) is 59.7 Å². The number of amides is 3. The summed E-state index contributed by atoms with van der Waals surface area (Å²) >= 11 is 0. The molecule has 2 aliphatic heterocycles. The van der Waals surface area contributed by atoms with Crippen LogP contribution < -0.4 is 15.0 Å². The van der Waals surface area contributed by atoms with Crippen LogP contribution in [0.2, 0.25) is 0 Å². The van der Waals surface area contributed by atoms with E-state index in [4.69, 9.17) is 4.74 Å². The van der Waals surface area contributed by atoms with Crippen molar-refractivity contribution >= 4 is 23.4 Å². The molecular weight excluding hydrogens is 394 g/mol. The first-order valence-corrected chi connectivity index (χ1v) is 10.7. The molecule has 0 radical (unpaired) electrons. The Morgan fingerprint density at radius 3 is 2.55 bits per heavy atom. The van der Waals surface area contributed by atoms with Crippen molar-refractivity contribution in [2.75, 3.05) is 31.6 Å². The molecule has 2 heterocycles. The SMILES string of the molecule is COc1cccc(N2CC(C(=O)NCc3ccc(C(=O)N4CCCC4)cc3)CC2=O)c1. The average Bonchev–Trinajstić information content (AvgIpc) is 3.47. The molecule has 7 nitrogen and oxygen atoms in total. The molecule has 1 N–H and O–H groups in total. The highest BCUT2D eigenvalue weighted by atomic mass is 16.5. The number of ether oxygens (including phenoxy) is 1. The zero-order chi connectivity index (χ0) is 21.8. The smallest absolute Gasteiger partial charge is 0.253 e.